The number of fused-ring (bicyclic) bond motifs is 2. The molecule has 0 atom stereocenters. The molecule has 1 aliphatic carbocycles. The number of esters is 1. The van der Waals surface area contributed by atoms with Gasteiger partial charge in [-0.3, -0.25) is 28.8 Å². The number of carboxylic acids is 4. The van der Waals surface area contributed by atoms with E-state index in [9.17, 15) is 49.2 Å². The lowest BCUT2D eigenvalue weighted by atomic mass is 9.93. The van der Waals surface area contributed by atoms with Crippen LogP contribution in [0.25, 0.3) is 33.4 Å². The largest absolute Gasteiger partial charge is 0.488 e. The van der Waals surface area contributed by atoms with Crippen LogP contribution in [-0.4, -0.2) is 96.5 Å². The minimum absolute atomic E-state index is 0.00696. The summed E-state index contributed by atoms with van der Waals surface area (Å²) in [6.07, 6.45) is 0. The molecule has 4 N–H and O–H groups in total. The normalized spacial score (nSPS) is 10.9. The third-order valence-electron chi connectivity index (χ3n) is 8.25. The molecule has 0 aromatic heterocycles. The van der Waals surface area contributed by atoms with Gasteiger partial charge in [-0.05, 0) is 54.4 Å². The molecule has 0 spiro atoms. The second-order valence-corrected chi connectivity index (χ2v) is 13.4. The van der Waals surface area contributed by atoms with Crippen LogP contribution in [0.5, 0.6) is 17.2 Å². The topological polar surface area (TPSA) is 240 Å². The van der Waals surface area contributed by atoms with Gasteiger partial charge in [0.2, 0.25) is 12.2 Å². The van der Waals surface area contributed by atoms with E-state index in [1.807, 2.05) is 0 Å². The molecule has 3 aromatic carbocycles. The number of rotatable bonds is 19. The molecule has 0 radical (unpaired) electrons. The van der Waals surface area contributed by atoms with Gasteiger partial charge in [0.1, 0.15) is 68.0 Å². The first-order chi connectivity index (χ1) is 27.5. The molecule has 2 aliphatic rings. The quantitative estimate of drug-likeness (QED) is 0.0348. The molecule has 0 saturated heterocycles. The number of hydrogen-bond donors (Lipinski definition) is 4. The highest BCUT2D eigenvalue weighted by atomic mass is 35.5. The standard InChI is InChI=1S/C39H34Cl2N2O15/c1-20-3-5-27(42(15-35(46)47)16-36(48)49)33(9-20)54-7-8-55-34-10-22(4-6-28(34)43(17-37(50)51)18-38(52)53)39-23-11-25(40)29(45)13-30(23)58-31-14-32(26(41)12-24(31)39)57-19-56-21(2)44/h3-6,9-14H,7-8,15-19H2,1-2H3,(H,46,47)(H,48,49)(H,50,51)(H,52,53). The van der Waals surface area contributed by atoms with Gasteiger partial charge >= 0.3 is 29.8 Å². The van der Waals surface area contributed by atoms with Crippen LogP contribution >= 0.6 is 23.2 Å². The van der Waals surface area contributed by atoms with E-state index >= 15 is 0 Å². The summed E-state index contributed by atoms with van der Waals surface area (Å²) in [6, 6.07) is 14.8. The van der Waals surface area contributed by atoms with Crippen LogP contribution in [0.2, 0.25) is 10.0 Å². The molecule has 1 aliphatic heterocycles. The van der Waals surface area contributed by atoms with E-state index in [-0.39, 0.29) is 63.2 Å². The Morgan fingerprint density at radius 2 is 1.22 bits per heavy atom. The van der Waals surface area contributed by atoms with Gasteiger partial charge < -0.3 is 53.6 Å². The lowest BCUT2D eigenvalue weighted by Gasteiger charge is -2.25. The summed E-state index contributed by atoms with van der Waals surface area (Å²) in [5, 5.41) is 38.5. The van der Waals surface area contributed by atoms with Crippen molar-refractivity contribution in [2.45, 2.75) is 13.8 Å². The molecular weight excluding hydrogens is 807 g/mol. The summed E-state index contributed by atoms with van der Waals surface area (Å²) in [5.74, 6) is -5.43. The summed E-state index contributed by atoms with van der Waals surface area (Å²) in [4.78, 5) is 73.0. The summed E-state index contributed by atoms with van der Waals surface area (Å²) in [6.45, 7) is -0.648. The van der Waals surface area contributed by atoms with Crippen molar-refractivity contribution in [3.05, 3.63) is 86.5 Å². The zero-order valence-corrected chi connectivity index (χ0v) is 32.2. The summed E-state index contributed by atoms with van der Waals surface area (Å²) in [5.41, 5.74) is 1.81. The van der Waals surface area contributed by atoms with Crippen molar-refractivity contribution in [1.82, 2.24) is 0 Å². The van der Waals surface area contributed by atoms with E-state index in [1.165, 1.54) is 49.4 Å². The van der Waals surface area contributed by atoms with Gasteiger partial charge in [0.05, 0.1) is 21.4 Å². The summed E-state index contributed by atoms with van der Waals surface area (Å²) >= 11 is 12.9. The molecular formula is C39H34Cl2N2O15. The molecule has 5 rings (SSSR count). The van der Waals surface area contributed by atoms with Crippen LogP contribution in [0.15, 0.2) is 69.9 Å². The van der Waals surface area contributed by atoms with Crippen molar-refractivity contribution in [3.8, 4) is 39.7 Å². The maximum Gasteiger partial charge on any atom is 0.323 e. The van der Waals surface area contributed by atoms with Crippen LogP contribution in [0.4, 0.5) is 11.4 Å². The average molecular weight is 842 g/mol. The number of hydrogen-bond acceptors (Lipinski definition) is 13. The molecule has 304 valence electrons. The fourth-order valence-corrected chi connectivity index (χ4v) is 6.33. The first-order valence-electron chi connectivity index (χ1n) is 17.0. The number of benzene rings is 4. The molecule has 19 heteroatoms. The first-order valence-corrected chi connectivity index (χ1v) is 17.8. The first kappa shape index (κ1) is 42.4. The zero-order valence-electron chi connectivity index (χ0n) is 30.7. The van der Waals surface area contributed by atoms with Gasteiger partial charge in [0.25, 0.3) is 0 Å². The Balaban J connectivity index is 1.60. The Morgan fingerprint density at radius 1 is 0.672 bits per heavy atom. The number of nitrogens with zero attached hydrogens (tertiary/aromatic N) is 2. The van der Waals surface area contributed by atoms with Crippen molar-refractivity contribution in [1.29, 1.82) is 0 Å². The predicted molar refractivity (Wildman–Crippen MR) is 209 cm³/mol. The lowest BCUT2D eigenvalue weighted by Crippen LogP contribution is -2.35. The van der Waals surface area contributed by atoms with E-state index in [1.54, 1.807) is 25.1 Å². The van der Waals surface area contributed by atoms with Crippen LogP contribution in [0, 0.1) is 6.92 Å². The predicted octanol–water partition coefficient (Wildman–Crippen LogP) is 5.49. The molecule has 0 unspecified atom stereocenters. The van der Waals surface area contributed by atoms with Crippen LogP contribution < -0.4 is 29.4 Å². The number of carboxylic acid groups (broad SMARTS) is 4. The molecule has 58 heavy (non-hydrogen) atoms. The molecule has 3 aromatic rings. The average Bonchev–Trinajstić information content (AvgIpc) is 3.12. The van der Waals surface area contributed by atoms with Crippen molar-refractivity contribution in [2.24, 2.45) is 0 Å². The van der Waals surface area contributed by atoms with Gasteiger partial charge in [-0.25, -0.2) is 0 Å². The Hall–Kier alpha value is -6.72. The number of ether oxygens (including phenoxy) is 4. The van der Waals surface area contributed by atoms with Gasteiger partial charge in [-0.1, -0.05) is 35.3 Å². The van der Waals surface area contributed by atoms with Gasteiger partial charge in [0, 0.05) is 35.6 Å². The number of aliphatic carboxylic acids is 4. The Morgan fingerprint density at radius 3 is 1.78 bits per heavy atom. The highest BCUT2D eigenvalue weighted by Gasteiger charge is 2.25. The number of anilines is 2. The van der Waals surface area contributed by atoms with E-state index in [2.05, 4.69) is 0 Å². The third kappa shape index (κ3) is 10.6. The Labute approximate surface area is 338 Å². The monoisotopic (exact) mass is 840 g/mol. The SMILES string of the molecule is CC(=O)OCOc1cc2oc3cc(=O)c(Cl)cc-3c(-c3ccc(N(CC(=O)O)CC(=O)O)c(OCCOc4cc(C)ccc4N(CC(=O)O)CC(=O)O)c3)c2cc1Cl. The number of aryl methyl sites for hydroxylation is 1. The minimum atomic E-state index is -1.33. The summed E-state index contributed by atoms with van der Waals surface area (Å²) < 4.78 is 28.6. The lowest BCUT2D eigenvalue weighted by molar-refractivity contribution is -0.147. The highest BCUT2D eigenvalue weighted by molar-refractivity contribution is 6.33. The number of carbonyl (C=O) groups is 5. The summed E-state index contributed by atoms with van der Waals surface area (Å²) in [7, 11) is 0. The molecule has 0 saturated carbocycles. The second kappa shape index (κ2) is 18.5. The Kier molecular flexibility index (Phi) is 13.5. The van der Waals surface area contributed by atoms with Crippen molar-refractivity contribution in [2.75, 3.05) is 56.0 Å². The van der Waals surface area contributed by atoms with Crippen molar-refractivity contribution < 1.29 is 67.8 Å². The fourth-order valence-electron chi connectivity index (χ4n) is 5.94. The maximum absolute atomic E-state index is 12.6. The smallest absolute Gasteiger partial charge is 0.323 e. The number of carbonyl (C=O) groups excluding carboxylic acids is 1. The maximum atomic E-state index is 12.6. The fraction of sp³-hybridized carbons (Fsp3) is 0.231. The molecule has 0 bridgehead atoms. The van der Waals surface area contributed by atoms with E-state index in [0.29, 0.717) is 22.1 Å². The number of halogens is 2. The molecule has 1 heterocycles. The van der Waals surface area contributed by atoms with Crippen molar-refractivity contribution >= 4 is 75.4 Å². The van der Waals surface area contributed by atoms with E-state index in [0.717, 1.165) is 15.4 Å². The zero-order chi connectivity index (χ0) is 42.3. The van der Waals surface area contributed by atoms with Crippen LogP contribution in [0.1, 0.15) is 12.5 Å². The van der Waals surface area contributed by atoms with E-state index < -0.39 is 68.2 Å². The van der Waals surface area contributed by atoms with Crippen LogP contribution in [0.3, 0.4) is 0 Å². The minimum Gasteiger partial charge on any atom is -0.488 e. The Bertz CT molecular complexity index is 2400. The highest BCUT2D eigenvalue weighted by Crippen LogP contribution is 2.45. The van der Waals surface area contributed by atoms with Crippen LogP contribution in [-0.2, 0) is 28.7 Å². The van der Waals surface area contributed by atoms with E-state index in [4.69, 9.17) is 46.6 Å². The third-order valence-corrected chi connectivity index (χ3v) is 8.84. The van der Waals surface area contributed by atoms with Gasteiger partial charge in [-0.2, -0.15) is 0 Å². The molecule has 0 amide bonds. The molecule has 0 fully saturated rings. The molecule has 17 nitrogen and oxygen atoms in total. The van der Waals surface area contributed by atoms with Gasteiger partial charge in [0.15, 0.2) is 0 Å². The van der Waals surface area contributed by atoms with Crippen molar-refractivity contribution in [3.63, 3.8) is 0 Å². The second-order valence-electron chi connectivity index (χ2n) is 12.6. The van der Waals surface area contributed by atoms with Gasteiger partial charge in [-0.15, -0.1) is 0 Å².